The number of rotatable bonds is 0. The van der Waals surface area contributed by atoms with Crippen LogP contribution in [0.25, 0.3) is 0 Å². The van der Waals surface area contributed by atoms with Crippen LogP contribution in [0.15, 0.2) is 4.99 Å². The molecule has 0 N–H and O–H groups in total. The third kappa shape index (κ3) is 2.11. The lowest BCUT2D eigenvalue weighted by atomic mass is 10.4. The number of nitrogens with zero attached hydrogens (tertiary/aromatic N) is 3. The Balaban J connectivity index is 2.53. The van der Waals surface area contributed by atoms with E-state index in [0.717, 1.165) is 32.3 Å². The lowest BCUT2D eigenvalue weighted by molar-refractivity contribution is 0.0637. The van der Waals surface area contributed by atoms with Gasteiger partial charge in [-0.3, -0.25) is 4.99 Å². The summed E-state index contributed by atoms with van der Waals surface area (Å²) < 4.78 is 5.26. The van der Waals surface area contributed by atoms with Crippen molar-refractivity contribution in [2.24, 2.45) is 4.99 Å². The van der Waals surface area contributed by atoms with Crippen molar-refractivity contribution in [1.82, 2.24) is 9.80 Å². The molecular formula is C8H17N3O. The highest BCUT2D eigenvalue weighted by atomic mass is 16.5. The van der Waals surface area contributed by atoms with Gasteiger partial charge in [0, 0.05) is 34.2 Å². The number of hydrogen-bond acceptors (Lipinski definition) is 2. The molecule has 0 saturated carbocycles. The molecule has 1 aliphatic heterocycles. The zero-order valence-corrected chi connectivity index (χ0v) is 8.08. The minimum absolute atomic E-state index is 0.812. The van der Waals surface area contributed by atoms with Crippen molar-refractivity contribution < 1.29 is 4.74 Å². The summed E-state index contributed by atoms with van der Waals surface area (Å²) in [5.41, 5.74) is 0. The summed E-state index contributed by atoms with van der Waals surface area (Å²) in [6.45, 7) is 3.52. The third-order valence-electron chi connectivity index (χ3n) is 1.89. The number of morpholine rings is 1. The molecule has 0 aromatic rings. The number of guanidine groups is 1. The number of ether oxygens (including phenoxy) is 1. The van der Waals surface area contributed by atoms with Gasteiger partial charge in [-0.1, -0.05) is 0 Å². The van der Waals surface area contributed by atoms with Gasteiger partial charge >= 0.3 is 0 Å². The molecule has 1 fully saturated rings. The first-order chi connectivity index (χ1) is 5.75. The van der Waals surface area contributed by atoms with E-state index in [2.05, 4.69) is 9.89 Å². The summed E-state index contributed by atoms with van der Waals surface area (Å²) in [6, 6.07) is 0. The second-order valence-electron chi connectivity index (χ2n) is 3.02. The quantitative estimate of drug-likeness (QED) is 0.375. The number of hydrogen-bond donors (Lipinski definition) is 0. The summed E-state index contributed by atoms with van der Waals surface area (Å²) in [5.74, 6) is 1.04. The van der Waals surface area contributed by atoms with E-state index >= 15 is 0 Å². The Morgan fingerprint density at radius 1 is 1.33 bits per heavy atom. The lowest BCUT2D eigenvalue weighted by Crippen LogP contribution is -2.46. The van der Waals surface area contributed by atoms with Gasteiger partial charge < -0.3 is 14.5 Å². The fraction of sp³-hybridized carbons (Fsp3) is 0.875. The maximum absolute atomic E-state index is 5.26. The van der Waals surface area contributed by atoms with E-state index in [9.17, 15) is 0 Å². The van der Waals surface area contributed by atoms with Crippen molar-refractivity contribution in [3.05, 3.63) is 0 Å². The van der Waals surface area contributed by atoms with Crippen LogP contribution in [0.1, 0.15) is 0 Å². The van der Waals surface area contributed by atoms with Crippen LogP contribution in [-0.4, -0.2) is 63.2 Å². The van der Waals surface area contributed by atoms with Crippen LogP contribution in [0, 0.1) is 0 Å². The minimum Gasteiger partial charge on any atom is -0.378 e. The zero-order valence-electron chi connectivity index (χ0n) is 8.08. The Hall–Kier alpha value is -0.770. The summed E-state index contributed by atoms with van der Waals surface area (Å²) in [4.78, 5) is 8.50. The Bertz CT molecular complexity index is 162. The van der Waals surface area contributed by atoms with Crippen molar-refractivity contribution in [3.8, 4) is 0 Å². The Kier molecular flexibility index (Phi) is 3.34. The molecule has 0 atom stereocenters. The average Bonchev–Trinajstić information content (AvgIpc) is 2.07. The fourth-order valence-corrected chi connectivity index (χ4v) is 1.39. The predicted molar refractivity (Wildman–Crippen MR) is 49.4 cm³/mol. The fourth-order valence-electron chi connectivity index (χ4n) is 1.39. The smallest absolute Gasteiger partial charge is 0.195 e. The van der Waals surface area contributed by atoms with Crippen molar-refractivity contribution in [2.75, 3.05) is 47.4 Å². The van der Waals surface area contributed by atoms with Crippen molar-refractivity contribution in [2.45, 2.75) is 0 Å². The first-order valence-electron chi connectivity index (χ1n) is 4.22. The van der Waals surface area contributed by atoms with Gasteiger partial charge in [0.1, 0.15) is 0 Å². The van der Waals surface area contributed by atoms with Crippen LogP contribution >= 0.6 is 0 Å². The summed E-state index contributed by atoms with van der Waals surface area (Å²) in [5, 5.41) is 0. The van der Waals surface area contributed by atoms with Crippen molar-refractivity contribution in [3.63, 3.8) is 0 Å². The second kappa shape index (κ2) is 4.30. The van der Waals surface area contributed by atoms with E-state index in [0.29, 0.717) is 0 Å². The Morgan fingerprint density at radius 2 is 1.92 bits per heavy atom. The second-order valence-corrected chi connectivity index (χ2v) is 3.02. The van der Waals surface area contributed by atoms with Crippen molar-refractivity contribution >= 4 is 5.96 Å². The van der Waals surface area contributed by atoms with Crippen LogP contribution in [0.5, 0.6) is 0 Å². The topological polar surface area (TPSA) is 28.1 Å². The molecule has 0 amide bonds. The van der Waals surface area contributed by atoms with Gasteiger partial charge in [0.2, 0.25) is 0 Å². The summed E-state index contributed by atoms with van der Waals surface area (Å²) in [7, 11) is 5.85. The molecule has 0 aromatic carbocycles. The minimum atomic E-state index is 0.812. The van der Waals surface area contributed by atoms with E-state index in [1.54, 1.807) is 0 Å². The van der Waals surface area contributed by atoms with Crippen LogP contribution in [0.3, 0.4) is 0 Å². The predicted octanol–water partition coefficient (Wildman–Crippen LogP) is -0.134. The first kappa shape index (κ1) is 9.32. The van der Waals surface area contributed by atoms with E-state index in [1.807, 2.05) is 26.0 Å². The molecule has 1 rings (SSSR count). The molecule has 4 heteroatoms. The van der Waals surface area contributed by atoms with Crippen LogP contribution in [0.4, 0.5) is 0 Å². The van der Waals surface area contributed by atoms with Gasteiger partial charge in [0.25, 0.3) is 0 Å². The molecule has 0 bridgehead atoms. The zero-order chi connectivity index (χ0) is 8.97. The van der Waals surface area contributed by atoms with Gasteiger partial charge in [-0.2, -0.15) is 0 Å². The standard InChI is InChI=1S/C8H17N3O/c1-9-8(10(2)3)11-4-6-12-7-5-11/h4-7H2,1-3H3/b9-8+. The average molecular weight is 171 g/mol. The highest BCUT2D eigenvalue weighted by molar-refractivity contribution is 5.79. The molecule has 0 spiro atoms. The first-order valence-corrected chi connectivity index (χ1v) is 4.22. The van der Waals surface area contributed by atoms with E-state index in [-0.39, 0.29) is 0 Å². The SMILES string of the molecule is C/N=C(\N(C)C)N1CCOCC1. The van der Waals surface area contributed by atoms with E-state index in [1.165, 1.54) is 0 Å². The highest BCUT2D eigenvalue weighted by Gasteiger charge is 2.15. The molecule has 4 nitrogen and oxygen atoms in total. The van der Waals surface area contributed by atoms with Crippen molar-refractivity contribution in [1.29, 1.82) is 0 Å². The molecule has 0 radical (unpaired) electrons. The van der Waals surface area contributed by atoms with Crippen LogP contribution in [-0.2, 0) is 4.74 Å². The third-order valence-corrected chi connectivity index (χ3v) is 1.89. The monoisotopic (exact) mass is 171 g/mol. The largest absolute Gasteiger partial charge is 0.378 e. The van der Waals surface area contributed by atoms with Gasteiger partial charge in [-0.05, 0) is 0 Å². The van der Waals surface area contributed by atoms with Gasteiger partial charge in [-0.25, -0.2) is 0 Å². The van der Waals surface area contributed by atoms with Gasteiger partial charge in [0.15, 0.2) is 5.96 Å². The maximum atomic E-state index is 5.26. The number of aliphatic imine (C=N–C) groups is 1. The molecule has 0 unspecified atom stereocenters. The molecular weight excluding hydrogens is 154 g/mol. The van der Waals surface area contributed by atoms with Gasteiger partial charge in [0.05, 0.1) is 13.2 Å². The molecule has 0 aromatic heterocycles. The Labute approximate surface area is 73.8 Å². The summed E-state index contributed by atoms with van der Waals surface area (Å²) >= 11 is 0. The molecule has 1 aliphatic rings. The molecule has 1 saturated heterocycles. The normalized spacial score (nSPS) is 19.6. The van der Waals surface area contributed by atoms with E-state index < -0.39 is 0 Å². The lowest BCUT2D eigenvalue weighted by Gasteiger charge is -2.32. The Morgan fingerprint density at radius 3 is 2.33 bits per heavy atom. The van der Waals surface area contributed by atoms with E-state index in [4.69, 9.17) is 4.74 Å². The van der Waals surface area contributed by atoms with Crippen LogP contribution < -0.4 is 0 Å². The highest BCUT2D eigenvalue weighted by Crippen LogP contribution is 2.00. The summed E-state index contributed by atoms with van der Waals surface area (Å²) in [6.07, 6.45) is 0. The van der Waals surface area contributed by atoms with Crippen LogP contribution in [0.2, 0.25) is 0 Å². The maximum Gasteiger partial charge on any atom is 0.195 e. The molecule has 70 valence electrons. The molecule has 1 heterocycles. The van der Waals surface area contributed by atoms with Gasteiger partial charge in [-0.15, -0.1) is 0 Å². The molecule has 0 aliphatic carbocycles. The molecule has 12 heavy (non-hydrogen) atoms.